The monoisotopic (exact) mass is 189 g/mol. The van der Waals surface area contributed by atoms with E-state index in [0.29, 0.717) is 6.42 Å². The highest BCUT2D eigenvalue weighted by Gasteiger charge is 2.47. The lowest BCUT2D eigenvalue weighted by atomic mass is 9.64. The molecule has 0 aromatic carbocycles. The van der Waals surface area contributed by atoms with E-state index < -0.39 is 0 Å². The molecule has 4 heteroatoms. The van der Waals surface area contributed by atoms with Crippen molar-refractivity contribution >= 4 is 18.5 Å². The molecule has 1 aliphatic rings. The predicted octanol–water partition coefficient (Wildman–Crippen LogP) is 0.192. The second-order valence-corrected chi connectivity index (χ2v) is 4.17. The molecule has 2 atom stereocenters. The van der Waals surface area contributed by atoms with Gasteiger partial charge in [0.1, 0.15) is 0 Å². The zero-order valence-electron chi connectivity index (χ0n) is 7.37. The molecule has 0 radical (unpaired) electrons. The van der Waals surface area contributed by atoms with Gasteiger partial charge in [0.05, 0.1) is 11.9 Å². The molecular weight excluding hydrogens is 174 g/mol. The quantitative estimate of drug-likeness (QED) is 0.543. The smallest absolute Gasteiger partial charge is 0.229 e. The summed E-state index contributed by atoms with van der Waals surface area (Å²) in [5, 5.41) is 12.2. The minimum atomic E-state index is -0.289. The van der Waals surface area contributed by atoms with Crippen LogP contribution in [0.3, 0.4) is 0 Å². The van der Waals surface area contributed by atoms with Gasteiger partial charge in [0.25, 0.3) is 0 Å². The van der Waals surface area contributed by atoms with Crippen LogP contribution in [0.15, 0.2) is 0 Å². The van der Waals surface area contributed by atoms with E-state index in [1.165, 1.54) is 0 Å². The molecule has 0 aromatic heterocycles. The first-order chi connectivity index (χ1) is 5.48. The number of aliphatic hydroxyl groups is 1. The Morgan fingerprint density at radius 3 is 2.67 bits per heavy atom. The van der Waals surface area contributed by atoms with Crippen molar-refractivity contribution in [3.63, 3.8) is 0 Å². The number of thiol groups is 1. The molecule has 0 saturated heterocycles. The maximum absolute atomic E-state index is 10.9. The number of hydrogen-bond donors (Lipinski definition) is 3. The van der Waals surface area contributed by atoms with Gasteiger partial charge < -0.3 is 10.4 Å². The van der Waals surface area contributed by atoms with Crippen LogP contribution in [0.4, 0.5) is 0 Å². The van der Waals surface area contributed by atoms with Gasteiger partial charge in [-0.2, -0.15) is 12.6 Å². The lowest BCUT2D eigenvalue weighted by molar-refractivity contribution is -0.126. The molecule has 3 nitrogen and oxygen atoms in total. The Balaban J connectivity index is 2.42. The van der Waals surface area contributed by atoms with E-state index in [-0.39, 0.29) is 29.2 Å². The van der Waals surface area contributed by atoms with Gasteiger partial charge in [-0.3, -0.25) is 4.79 Å². The van der Waals surface area contributed by atoms with Crippen LogP contribution < -0.4 is 5.32 Å². The van der Waals surface area contributed by atoms with E-state index >= 15 is 0 Å². The molecule has 1 amide bonds. The van der Waals surface area contributed by atoms with Crippen LogP contribution >= 0.6 is 12.6 Å². The fourth-order valence-electron chi connectivity index (χ4n) is 1.39. The second kappa shape index (κ2) is 3.26. The molecule has 12 heavy (non-hydrogen) atoms. The highest BCUT2D eigenvalue weighted by Crippen LogP contribution is 2.40. The van der Waals surface area contributed by atoms with E-state index in [2.05, 4.69) is 17.9 Å². The van der Waals surface area contributed by atoms with Gasteiger partial charge in [0, 0.05) is 11.5 Å². The standard InChI is InChI=1S/C8H15NO2S/c1-8(2)5(3-6(8)10)9-7(11)4-12/h5-6,10,12H,3-4H2,1-2H3,(H,9,11). The highest BCUT2D eigenvalue weighted by atomic mass is 32.1. The van der Waals surface area contributed by atoms with Crippen molar-refractivity contribution in [3.8, 4) is 0 Å². The molecule has 1 fully saturated rings. The maximum atomic E-state index is 10.9. The summed E-state index contributed by atoms with van der Waals surface area (Å²) in [5.41, 5.74) is -0.182. The molecule has 1 rings (SSSR count). The third kappa shape index (κ3) is 1.59. The number of aliphatic hydroxyl groups excluding tert-OH is 1. The van der Waals surface area contributed by atoms with Crippen molar-refractivity contribution in [1.29, 1.82) is 0 Å². The zero-order chi connectivity index (χ0) is 9.35. The van der Waals surface area contributed by atoms with Gasteiger partial charge in [-0.15, -0.1) is 0 Å². The van der Waals surface area contributed by atoms with Crippen LogP contribution in [0.1, 0.15) is 20.3 Å². The van der Waals surface area contributed by atoms with E-state index in [1.54, 1.807) is 0 Å². The summed E-state index contributed by atoms with van der Waals surface area (Å²) in [4.78, 5) is 10.9. The van der Waals surface area contributed by atoms with Gasteiger partial charge >= 0.3 is 0 Å². The average Bonchev–Trinajstić information content (AvgIpc) is 2.03. The average molecular weight is 189 g/mol. The zero-order valence-corrected chi connectivity index (χ0v) is 8.27. The molecule has 2 N–H and O–H groups in total. The van der Waals surface area contributed by atoms with Gasteiger partial charge in [-0.25, -0.2) is 0 Å². The van der Waals surface area contributed by atoms with E-state index in [0.717, 1.165) is 0 Å². The van der Waals surface area contributed by atoms with Crippen LogP contribution in [0.5, 0.6) is 0 Å². The summed E-state index contributed by atoms with van der Waals surface area (Å²) in [5.74, 6) is 0.145. The minimum Gasteiger partial charge on any atom is -0.392 e. The number of amides is 1. The van der Waals surface area contributed by atoms with Crippen LogP contribution in [-0.2, 0) is 4.79 Å². The normalized spacial score (nSPS) is 32.3. The van der Waals surface area contributed by atoms with Crippen molar-refractivity contribution in [2.75, 3.05) is 5.75 Å². The third-order valence-electron chi connectivity index (χ3n) is 2.69. The largest absolute Gasteiger partial charge is 0.392 e. The first-order valence-electron chi connectivity index (χ1n) is 4.06. The summed E-state index contributed by atoms with van der Waals surface area (Å²) >= 11 is 3.86. The van der Waals surface area contributed by atoms with Crippen molar-refractivity contribution in [2.24, 2.45) is 5.41 Å². The molecule has 70 valence electrons. The molecule has 0 aliphatic heterocycles. The van der Waals surface area contributed by atoms with Crippen LogP contribution in [-0.4, -0.2) is 28.9 Å². The number of nitrogens with one attached hydrogen (secondary N) is 1. The van der Waals surface area contributed by atoms with Gasteiger partial charge in [-0.05, 0) is 6.42 Å². The summed E-state index contributed by atoms with van der Waals surface area (Å²) in [6, 6.07) is 0.104. The highest BCUT2D eigenvalue weighted by molar-refractivity contribution is 7.81. The Kier molecular flexibility index (Phi) is 2.68. The van der Waals surface area contributed by atoms with Crippen LogP contribution in [0.25, 0.3) is 0 Å². The Bertz CT molecular complexity index is 193. The Morgan fingerprint density at radius 1 is 1.75 bits per heavy atom. The van der Waals surface area contributed by atoms with Crippen LogP contribution in [0, 0.1) is 5.41 Å². The lowest BCUT2D eigenvalue weighted by Crippen LogP contribution is -2.61. The summed E-state index contributed by atoms with van der Waals surface area (Å²) < 4.78 is 0. The molecule has 1 saturated carbocycles. The minimum absolute atomic E-state index is 0.0664. The van der Waals surface area contributed by atoms with Crippen LogP contribution in [0.2, 0.25) is 0 Å². The summed E-state index contributed by atoms with van der Waals surface area (Å²) in [6.45, 7) is 3.90. The number of carbonyl (C=O) groups is 1. The van der Waals surface area contributed by atoms with E-state index in [4.69, 9.17) is 0 Å². The first-order valence-corrected chi connectivity index (χ1v) is 4.70. The number of carbonyl (C=O) groups excluding carboxylic acids is 1. The van der Waals surface area contributed by atoms with Crippen molar-refractivity contribution in [3.05, 3.63) is 0 Å². The number of hydrogen-bond acceptors (Lipinski definition) is 3. The molecule has 0 heterocycles. The van der Waals surface area contributed by atoms with Crippen molar-refractivity contribution in [2.45, 2.75) is 32.4 Å². The molecule has 1 aliphatic carbocycles. The van der Waals surface area contributed by atoms with Crippen molar-refractivity contribution < 1.29 is 9.90 Å². The van der Waals surface area contributed by atoms with Gasteiger partial charge in [-0.1, -0.05) is 13.8 Å². The second-order valence-electron chi connectivity index (χ2n) is 3.85. The van der Waals surface area contributed by atoms with Crippen molar-refractivity contribution in [1.82, 2.24) is 5.32 Å². The topological polar surface area (TPSA) is 49.3 Å². The molecular formula is C8H15NO2S. The molecule has 0 bridgehead atoms. The SMILES string of the molecule is CC1(C)C(O)CC1NC(=O)CS. The first kappa shape index (κ1) is 9.86. The predicted molar refractivity (Wildman–Crippen MR) is 50.2 cm³/mol. The molecule has 0 spiro atoms. The summed E-state index contributed by atoms with van der Waals surface area (Å²) in [6.07, 6.45) is 0.370. The Labute approximate surface area is 77.9 Å². The Morgan fingerprint density at radius 2 is 2.33 bits per heavy atom. The molecule has 2 unspecified atom stereocenters. The fraction of sp³-hybridized carbons (Fsp3) is 0.875. The van der Waals surface area contributed by atoms with Gasteiger partial charge in [0.2, 0.25) is 5.91 Å². The Hall–Kier alpha value is -0.220. The lowest BCUT2D eigenvalue weighted by Gasteiger charge is -2.49. The van der Waals surface area contributed by atoms with E-state index in [1.807, 2.05) is 13.8 Å². The number of rotatable bonds is 2. The summed E-state index contributed by atoms with van der Waals surface area (Å²) in [7, 11) is 0. The third-order valence-corrected chi connectivity index (χ3v) is 2.98. The fourth-order valence-corrected chi connectivity index (χ4v) is 1.48. The van der Waals surface area contributed by atoms with Gasteiger partial charge in [0.15, 0.2) is 0 Å². The maximum Gasteiger partial charge on any atom is 0.229 e. The van der Waals surface area contributed by atoms with E-state index in [9.17, 15) is 9.90 Å². The molecule has 0 aromatic rings.